The molecule has 1 aliphatic heterocycles. The average molecular weight is 727 g/mol. The maximum absolute atomic E-state index is 10.6. The molecule has 294 valence electrons. The minimum Gasteiger partial charge on any atom is -0.413 e. The SMILES string of the molecule is CC(C)[Si](OC[C@H]1O[C@@H](OCCCCCCCCC=O)[C@H](OCCCCCCCCC=O)[C@@H]1OCCCCCCCCC=O)(C(C)C)C(C)C. The quantitative estimate of drug-likeness (QED) is 0.0358. The summed E-state index contributed by atoms with van der Waals surface area (Å²) in [5.41, 5.74) is 1.43. The van der Waals surface area contributed by atoms with Crippen LogP contribution in [0.5, 0.6) is 0 Å². The van der Waals surface area contributed by atoms with Gasteiger partial charge in [0, 0.05) is 39.1 Å². The molecule has 0 unspecified atom stereocenters. The third-order valence-electron chi connectivity index (χ3n) is 10.5. The van der Waals surface area contributed by atoms with Gasteiger partial charge in [0.15, 0.2) is 14.6 Å². The van der Waals surface area contributed by atoms with Crippen LogP contribution in [0.25, 0.3) is 0 Å². The zero-order chi connectivity index (χ0) is 36.9. The van der Waals surface area contributed by atoms with Gasteiger partial charge in [0.05, 0.1) is 6.61 Å². The molecule has 9 heteroatoms. The Kier molecular flexibility index (Phi) is 28.7. The highest BCUT2D eigenvalue weighted by Gasteiger charge is 2.50. The second-order valence-electron chi connectivity index (χ2n) is 15.4. The Morgan fingerprint density at radius 1 is 0.480 bits per heavy atom. The molecule has 1 fully saturated rings. The summed E-state index contributed by atoms with van der Waals surface area (Å²) in [6, 6.07) is 0. The molecule has 0 aromatic carbocycles. The van der Waals surface area contributed by atoms with Crippen molar-refractivity contribution in [2.75, 3.05) is 26.4 Å². The fourth-order valence-corrected chi connectivity index (χ4v) is 13.3. The van der Waals surface area contributed by atoms with E-state index in [2.05, 4.69) is 41.5 Å². The molecule has 8 nitrogen and oxygen atoms in total. The molecule has 0 aliphatic carbocycles. The lowest BCUT2D eigenvalue weighted by molar-refractivity contribution is -0.181. The minimum absolute atomic E-state index is 0.257. The molecule has 1 heterocycles. The number of aldehydes is 3. The first-order valence-corrected chi connectivity index (χ1v) is 22.8. The molecule has 1 aliphatic rings. The number of ether oxygens (including phenoxy) is 4. The smallest absolute Gasteiger partial charge is 0.200 e. The highest BCUT2D eigenvalue weighted by atomic mass is 28.4. The van der Waals surface area contributed by atoms with E-state index >= 15 is 0 Å². The molecular formula is C41H78O8Si. The molecule has 0 saturated carbocycles. The highest BCUT2D eigenvalue weighted by Crippen LogP contribution is 2.43. The summed E-state index contributed by atoms with van der Waals surface area (Å²) in [5, 5.41) is 0. The van der Waals surface area contributed by atoms with E-state index in [1.54, 1.807) is 0 Å². The Morgan fingerprint density at radius 2 is 0.820 bits per heavy atom. The molecule has 0 radical (unpaired) electrons. The van der Waals surface area contributed by atoms with Gasteiger partial charge in [-0.05, 0) is 55.1 Å². The largest absolute Gasteiger partial charge is 0.413 e. The van der Waals surface area contributed by atoms with Crippen molar-refractivity contribution in [2.24, 2.45) is 0 Å². The van der Waals surface area contributed by atoms with E-state index in [4.69, 9.17) is 23.4 Å². The Bertz CT molecular complexity index is 801. The van der Waals surface area contributed by atoms with Gasteiger partial charge < -0.3 is 37.8 Å². The van der Waals surface area contributed by atoms with Crippen molar-refractivity contribution in [1.29, 1.82) is 0 Å². The van der Waals surface area contributed by atoms with Gasteiger partial charge in [-0.15, -0.1) is 0 Å². The van der Waals surface area contributed by atoms with Crippen LogP contribution in [-0.4, -0.2) is 78.2 Å². The van der Waals surface area contributed by atoms with Crippen molar-refractivity contribution in [3.63, 3.8) is 0 Å². The minimum atomic E-state index is -2.11. The van der Waals surface area contributed by atoms with E-state index in [-0.39, 0.29) is 18.3 Å². The third kappa shape index (κ3) is 19.2. The zero-order valence-corrected chi connectivity index (χ0v) is 34.2. The van der Waals surface area contributed by atoms with Gasteiger partial charge in [-0.3, -0.25) is 0 Å². The number of hydrogen-bond donors (Lipinski definition) is 0. The maximum Gasteiger partial charge on any atom is 0.200 e. The number of hydrogen-bond acceptors (Lipinski definition) is 8. The van der Waals surface area contributed by atoms with Gasteiger partial charge in [-0.25, -0.2) is 0 Å². The molecule has 0 spiro atoms. The predicted octanol–water partition coefficient (Wildman–Crippen LogP) is 10.5. The van der Waals surface area contributed by atoms with E-state index in [1.165, 1.54) is 0 Å². The van der Waals surface area contributed by atoms with Crippen LogP contribution >= 0.6 is 0 Å². The van der Waals surface area contributed by atoms with E-state index in [9.17, 15) is 14.4 Å². The van der Waals surface area contributed by atoms with Gasteiger partial charge in [0.1, 0.15) is 37.2 Å². The fraction of sp³-hybridized carbons (Fsp3) is 0.927. The number of carbonyl (C=O) groups is 3. The Balaban J connectivity index is 2.94. The van der Waals surface area contributed by atoms with Crippen LogP contribution in [0.1, 0.15) is 176 Å². The lowest BCUT2D eigenvalue weighted by atomic mass is 10.1. The summed E-state index contributed by atoms with van der Waals surface area (Å²) in [7, 11) is -2.11. The van der Waals surface area contributed by atoms with Crippen molar-refractivity contribution >= 4 is 27.2 Å². The second kappa shape index (κ2) is 30.5. The van der Waals surface area contributed by atoms with Gasteiger partial charge >= 0.3 is 0 Å². The van der Waals surface area contributed by atoms with E-state index in [1.807, 2.05) is 0 Å². The monoisotopic (exact) mass is 727 g/mol. The summed E-state index contributed by atoms with van der Waals surface area (Å²) in [5.74, 6) is 0. The standard InChI is InChI=1S/C41H78O8Si/c1-35(2)50(36(3)4,37(5)6)48-34-38-39(45-31-25-19-13-7-10-16-22-28-42)40(46-32-26-20-14-8-11-17-23-29-43)41(49-38)47-33-27-21-15-9-12-18-24-30-44/h28-30,35-41H,7-27,31-34H2,1-6H3/t38-,39-,40-,41-/m1/s1. The van der Waals surface area contributed by atoms with Crippen LogP contribution in [-0.2, 0) is 37.8 Å². The van der Waals surface area contributed by atoms with Crippen molar-refractivity contribution in [3.05, 3.63) is 0 Å². The van der Waals surface area contributed by atoms with Gasteiger partial charge in [-0.1, -0.05) is 119 Å². The van der Waals surface area contributed by atoms with Crippen LogP contribution in [0.15, 0.2) is 0 Å². The Morgan fingerprint density at radius 3 is 1.20 bits per heavy atom. The van der Waals surface area contributed by atoms with E-state index in [0.717, 1.165) is 134 Å². The fourth-order valence-electron chi connectivity index (χ4n) is 7.81. The highest BCUT2D eigenvalue weighted by molar-refractivity contribution is 6.77. The zero-order valence-electron chi connectivity index (χ0n) is 33.2. The number of rotatable bonds is 36. The summed E-state index contributed by atoms with van der Waals surface area (Å²) < 4.78 is 33.5. The number of carbonyl (C=O) groups excluding carboxylic acids is 3. The maximum atomic E-state index is 10.6. The van der Waals surface area contributed by atoms with Crippen LogP contribution in [0.2, 0.25) is 16.6 Å². The van der Waals surface area contributed by atoms with Crippen LogP contribution in [0.4, 0.5) is 0 Å². The molecule has 50 heavy (non-hydrogen) atoms. The van der Waals surface area contributed by atoms with E-state index < -0.39 is 14.6 Å². The number of unbranched alkanes of at least 4 members (excludes halogenated alkanes) is 18. The lowest BCUT2D eigenvalue weighted by Crippen LogP contribution is -2.50. The Hall–Kier alpha value is -0.973. The predicted molar refractivity (Wildman–Crippen MR) is 206 cm³/mol. The summed E-state index contributed by atoms with van der Waals surface area (Å²) >= 11 is 0. The first-order chi connectivity index (χ1) is 24.3. The molecule has 1 rings (SSSR count). The van der Waals surface area contributed by atoms with Crippen LogP contribution < -0.4 is 0 Å². The summed E-state index contributed by atoms with van der Waals surface area (Å²) in [6.07, 6.45) is 23.1. The van der Waals surface area contributed by atoms with Crippen molar-refractivity contribution < 1.29 is 37.8 Å². The molecule has 0 N–H and O–H groups in total. The van der Waals surface area contributed by atoms with Crippen molar-refractivity contribution in [2.45, 2.75) is 218 Å². The van der Waals surface area contributed by atoms with Gasteiger partial charge in [-0.2, -0.15) is 0 Å². The molecule has 4 atom stereocenters. The molecule has 1 saturated heterocycles. The van der Waals surface area contributed by atoms with Gasteiger partial charge in [0.2, 0.25) is 0 Å². The molecule has 0 amide bonds. The normalized spacial score (nSPS) is 19.6. The van der Waals surface area contributed by atoms with Crippen LogP contribution in [0, 0.1) is 0 Å². The average Bonchev–Trinajstić information content (AvgIpc) is 3.41. The summed E-state index contributed by atoms with van der Waals surface area (Å²) in [4.78, 5) is 31.8. The van der Waals surface area contributed by atoms with Crippen LogP contribution in [0.3, 0.4) is 0 Å². The topological polar surface area (TPSA) is 97.4 Å². The third-order valence-corrected chi connectivity index (χ3v) is 16.6. The molecule has 0 bridgehead atoms. The first kappa shape index (κ1) is 47.0. The Labute approximate surface area is 308 Å². The summed E-state index contributed by atoms with van der Waals surface area (Å²) in [6.45, 7) is 16.3. The first-order valence-electron chi connectivity index (χ1n) is 20.7. The molecule has 0 aromatic rings. The van der Waals surface area contributed by atoms with E-state index in [0.29, 0.717) is 62.3 Å². The second-order valence-corrected chi connectivity index (χ2v) is 20.9. The molecular weight excluding hydrogens is 649 g/mol. The van der Waals surface area contributed by atoms with Gasteiger partial charge in [0.25, 0.3) is 0 Å². The molecule has 0 aromatic heterocycles. The lowest BCUT2D eigenvalue weighted by Gasteiger charge is -2.43. The van der Waals surface area contributed by atoms with Crippen molar-refractivity contribution in [3.8, 4) is 0 Å². The van der Waals surface area contributed by atoms with Crippen molar-refractivity contribution in [1.82, 2.24) is 0 Å².